The molecule has 0 unspecified atom stereocenters. The quantitative estimate of drug-likeness (QED) is 0.533. The van der Waals surface area contributed by atoms with Gasteiger partial charge in [-0.3, -0.25) is 10.1 Å². The second-order valence-electron chi connectivity index (χ2n) is 4.35. The number of hydrogen-bond acceptors (Lipinski definition) is 5. The standard InChI is InChI=1S/C12H7Cl2N5O2/c1-6-2-3-7(4-9(6)19(20)21)18-5-8-10(17-18)12(14)16-15-11(8)13/h2-5H,1H3. The summed E-state index contributed by atoms with van der Waals surface area (Å²) in [4.78, 5) is 10.6. The van der Waals surface area contributed by atoms with Gasteiger partial charge in [-0.15, -0.1) is 10.2 Å². The zero-order valence-corrected chi connectivity index (χ0v) is 12.1. The second-order valence-corrected chi connectivity index (χ2v) is 5.06. The highest BCUT2D eigenvalue weighted by atomic mass is 35.5. The van der Waals surface area contributed by atoms with E-state index in [0.29, 0.717) is 22.2 Å². The van der Waals surface area contributed by atoms with Gasteiger partial charge < -0.3 is 0 Å². The average Bonchev–Trinajstić information content (AvgIpc) is 2.89. The summed E-state index contributed by atoms with van der Waals surface area (Å²) >= 11 is 11.9. The molecule has 0 N–H and O–H groups in total. The number of halogens is 2. The summed E-state index contributed by atoms with van der Waals surface area (Å²) in [5.41, 5.74) is 1.50. The first-order valence-corrected chi connectivity index (χ1v) is 6.55. The Balaban J connectivity index is 2.21. The number of nitro groups is 1. The summed E-state index contributed by atoms with van der Waals surface area (Å²) in [6.07, 6.45) is 1.60. The molecule has 0 aliphatic rings. The molecule has 0 radical (unpaired) electrons. The maximum atomic E-state index is 11.0. The van der Waals surface area contributed by atoms with E-state index >= 15 is 0 Å². The molecule has 2 aromatic heterocycles. The van der Waals surface area contributed by atoms with E-state index in [0.717, 1.165) is 0 Å². The Morgan fingerprint density at radius 2 is 1.95 bits per heavy atom. The summed E-state index contributed by atoms with van der Waals surface area (Å²) in [7, 11) is 0. The molecule has 7 nitrogen and oxygen atoms in total. The Hall–Kier alpha value is -2.25. The number of benzene rings is 1. The molecule has 2 heterocycles. The lowest BCUT2D eigenvalue weighted by Gasteiger charge is -2.02. The highest BCUT2D eigenvalue weighted by Gasteiger charge is 2.15. The van der Waals surface area contributed by atoms with Crippen LogP contribution >= 0.6 is 23.2 Å². The van der Waals surface area contributed by atoms with Crippen LogP contribution in [-0.2, 0) is 0 Å². The van der Waals surface area contributed by atoms with Crippen molar-refractivity contribution in [3.05, 3.63) is 50.4 Å². The number of aromatic nitrogens is 4. The lowest BCUT2D eigenvalue weighted by molar-refractivity contribution is -0.385. The van der Waals surface area contributed by atoms with Crippen LogP contribution in [0.15, 0.2) is 24.4 Å². The van der Waals surface area contributed by atoms with Crippen LogP contribution in [0, 0.1) is 17.0 Å². The molecule has 0 saturated carbocycles. The molecule has 0 bridgehead atoms. The van der Waals surface area contributed by atoms with E-state index in [9.17, 15) is 10.1 Å². The smallest absolute Gasteiger partial charge is 0.258 e. The molecule has 0 aliphatic heterocycles. The molecule has 0 aliphatic carbocycles. The summed E-state index contributed by atoms with van der Waals surface area (Å²) in [6, 6.07) is 4.81. The van der Waals surface area contributed by atoms with Gasteiger partial charge in [-0.05, 0) is 13.0 Å². The van der Waals surface area contributed by atoms with Crippen molar-refractivity contribution in [2.75, 3.05) is 0 Å². The van der Waals surface area contributed by atoms with Gasteiger partial charge in [-0.25, -0.2) is 4.68 Å². The predicted molar refractivity (Wildman–Crippen MR) is 78.1 cm³/mol. The van der Waals surface area contributed by atoms with Gasteiger partial charge in [-0.2, -0.15) is 5.10 Å². The zero-order chi connectivity index (χ0) is 15.1. The number of nitro benzene ring substituents is 1. The molecule has 0 atom stereocenters. The normalized spacial score (nSPS) is 11.0. The van der Waals surface area contributed by atoms with Crippen LogP contribution in [0.4, 0.5) is 5.69 Å². The van der Waals surface area contributed by atoms with E-state index < -0.39 is 4.92 Å². The Morgan fingerprint density at radius 1 is 1.24 bits per heavy atom. The maximum Gasteiger partial charge on any atom is 0.274 e. The highest BCUT2D eigenvalue weighted by molar-refractivity contribution is 6.37. The van der Waals surface area contributed by atoms with Crippen LogP contribution in [0.25, 0.3) is 16.6 Å². The van der Waals surface area contributed by atoms with Gasteiger partial charge in [0.1, 0.15) is 5.52 Å². The summed E-state index contributed by atoms with van der Waals surface area (Å²) in [6.45, 7) is 1.67. The molecule has 0 fully saturated rings. The molecule has 0 amide bonds. The Morgan fingerprint density at radius 3 is 2.62 bits per heavy atom. The Labute approximate surface area is 128 Å². The molecule has 0 saturated heterocycles. The van der Waals surface area contributed by atoms with Crippen molar-refractivity contribution in [1.29, 1.82) is 0 Å². The Bertz CT molecular complexity index is 838. The predicted octanol–water partition coefficient (Wildman–Crippen LogP) is 3.34. The topological polar surface area (TPSA) is 86.7 Å². The van der Waals surface area contributed by atoms with E-state index in [1.165, 1.54) is 10.7 Å². The van der Waals surface area contributed by atoms with Crippen LogP contribution < -0.4 is 0 Å². The lowest BCUT2D eigenvalue weighted by Crippen LogP contribution is -1.98. The van der Waals surface area contributed by atoms with Crippen molar-refractivity contribution in [3.8, 4) is 5.69 Å². The van der Waals surface area contributed by atoms with Crippen LogP contribution in [0.5, 0.6) is 0 Å². The summed E-state index contributed by atoms with van der Waals surface area (Å²) < 4.78 is 1.46. The SMILES string of the molecule is Cc1ccc(-n2cc3c(Cl)nnc(Cl)c3n2)cc1[N+](=O)[O-]. The minimum absolute atomic E-state index is 0.0144. The van der Waals surface area contributed by atoms with E-state index in [1.807, 2.05) is 0 Å². The maximum absolute atomic E-state index is 11.0. The number of rotatable bonds is 2. The fourth-order valence-electron chi connectivity index (χ4n) is 1.94. The van der Waals surface area contributed by atoms with Crippen molar-refractivity contribution < 1.29 is 4.92 Å². The highest BCUT2D eigenvalue weighted by Crippen LogP contribution is 2.27. The van der Waals surface area contributed by atoms with Gasteiger partial charge in [0.25, 0.3) is 5.69 Å². The first kappa shape index (κ1) is 13.7. The average molecular weight is 324 g/mol. The third kappa shape index (κ3) is 2.30. The van der Waals surface area contributed by atoms with E-state index in [1.54, 1.807) is 25.3 Å². The van der Waals surface area contributed by atoms with Crippen molar-refractivity contribution >= 4 is 39.8 Å². The zero-order valence-electron chi connectivity index (χ0n) is 10.6. The third-order valence-electron chi connectivity index (χ3n) is 3.01. The molecule has 21 heavy (non-hydrogen) atoms. The summed E-state index contributed by atoms with van der Waals surface area (Å²) in [5, 5.41) is 23.4. The van der Waals surface area contributed by atoms with E-state index in [-0.39, 0.29) is 16.0 Å². The molecular weight excluding hydrogens is 317 g/mol. The third-order valence-corrected chi connectivity index (χ3v) is 3.55. The molecule has 106 valence electrons. The monoisotopic (exact) mass is 323 g/mol. The minimum Gasteiger partial charge on any atom is -0.258 e. The van der Waals surface area contributed by atoms with Gasteiger partial charge in [0.05, 0.1) is 16.0 Å². The molecule has 1 aromatic carbocycles. The van der Waals surface area contributed by atoms with Crippen LogP contribution in [0.2, 0.25) is 10.3 Å². The molecule has 0 spiro atoms. The van der Waals surface area contributed by atoms with Gasteiger partial charge >= 0.3 is 0 Å². The fraction of sp³-hybridized carbons (Fsp3) is 0.0833. The van der Waals surface area contributed by atoms with E-state index in [4.69, 9.17) is 23.2 Å². The van der Waals surface area contributed by atoms with E-state index in [2.05, 4.69) is 15.3 Å². The second kappa shape index (κ2) is 4.94. The van der Waals surface area contributed by atoms with Crippen molar-refractivity contribution in [1.82, 2.24) is 20.0 Å². The largest absolute Gasteiger partial charge is 0.274 e. The number of fused-ring (bicyclic) bond motifs is 1. The molecule has 3 rings (SSSR count). The molecule has 3 aromatic rings. The van der Waals surface area contributed by atoms with Crippen LogP contribution in [0.3, 0.4) is 0 Å². The fourth-order valence-corrected chi connectivity index (χ4v) is 2.29. The lowest BCUT2D eigenvalue weighted by atomic mass is 10.2. The van der Waals surface area contributed by atoms with Crippen LogP contribution in [0.1, 0.15) is 5.56 Å². The van der Waals surface area contributed by atoms with Gasteiger partial charge in [0.15, 0.2) is 10.3 Å². The molecule has 9 heteroatoms. The van der Waals surface area contributed by atoms with Gasteiger partial charge in [0, 0.05) is 17.8 Å². The van der Waals surface area contributed by atoms with Crippen molar-refractivity contribution in [2.45, 2.75) is 6.92 Å². The summed E-state index contributed by atoms with van der Waals surface area (Å²) in [5.74, 6) is 0. The Kier molecular flexibility index (Phi) is 3.23. The number of aryl methyl sites for hydroxylation is 1. The molecular formula is C12H7Cl2N5O2. The number of hydrogen-bond donors (Lipinski definition) is 0. The number of nitrogens with zero attached hydrogens (tertiary/aromatic N) is 5. The van der Waals surface area contributed by atoms with Gasteiger partial charge in [0.2, 0.25) is 0 Å². The first-order chi connectivity index (χ1) is 9.97. The first-order valence-electron chi connectivity index (χ1n) is 5.80. The van der Waals surface area contributed by atoms with Crippen molar-refractivity contribution in [3.63, 3.8) is 0 Å². The minimum atomic E-state index is -0.439. The van der Waals surface area contributed by atoms with Crippen molar-refractivity contribution in [2.24, 2.45) is 0 Å². The van der Waals surface area contributed by atoms with Crippen LogP contribution in [-0.4, -0.2) is 24.9 Å². The van der Waals surface area contributed by atoms with Gasteiger partial charge in [-0.1, -0.05) is 29.3 Å².